The van der Waals surface area contributed by atoms with Crippen LogP contribution in [-0.4, -0.2) is 24.4 Å². The maximum Gasteiger partial charge on any atom is 0.192 e. The fourth-order valence-electron chi connectivity index (χ4n) is 3.27. The molecule has 2 rings (SSSR count). The molecule has 0 aromatic carbocycles. The van der Waals surface area contributed by atoms with Crippen molar-refractivity contribution in [2.45, 2.75) is 70.7 Å². The summed E-state index contributed by atoms with van der Waals surface area (Å²) < 4.78 is 6.67. The highest BCUT2D eigenvalue weighted by Crippen LogP contribution is 2.43. The first-order chi connectivity index (χ1) is 10.7. The van der Waals surface area contributed by atoms with E-state index in [1.54, 1.807) is 0 Å². The SMILES string of the molecule is C=CC[C@@H]1C[C@@H](O[Si](C)(C)C(C)(C)C)C[C@H]1Cc1ncccn1. The number of hydrogen-bond donors (Lipinski definition) is 0. The van der Waals surface area contributed by atoms with Crippen molar-refractivity contribution in [3.05, 3.63) is 36.9 Å². The van der Waals surface area contributed by atoms with Gasteiger partial charge in [0.15, 0.2) is 8.32 Å². The van der Waals surface area contributed by atoms with E-state index in [0.717, 1.165) is 31.5 Å². The summed E-state index contributed by atoms with van der Waals surface area (Å²) in [6.45, 7) is 15.6. The number of rotatable bonds is 6. The Morgan fingerprint density at radius 1 is 1.22 bits per heavy atom. The molecule has 0 radical (unpaired) electrons. The maximum atomic E-state index is 6.67. The lowest BCUT2D eigenvalue weighted by Gasteiger charge is -2.38. The van der Waals surface area contributed by atoms with E-state index in [0.29, 0.717) is 17.9 Å². The Morgan fingerprint density at radius 2 is 1.83 bits per heavy atom. The molecule has 23 heavy (non-hydrogen) atoms. The van der Waals surface area contributed by atoms with E-state index in [4.69, 9.17) is 4.43 Å². The predicted octanol–water partition coefficient (Wildman–Crippen LogP) is 5.01. The van der Waals surface area contributed by atoms with Crippen LogP contribution in [0.2, 0.25) is 18.1 Å². The Balaban J connectivity index is 2.04. The van der Waals surface area contributed by atoms with E-state index in [1.807, 2.05) is 18.5 Å². The van der Waals surface area contributed by atoms with Gasteiger partial charge in [0.05, 0.1) is 0 Å². The minimum absolute atomic E-state index is 0.265. The van der Waals surface area contributed by atoms with Crippen molar-refractivity contribution >= 4 is 8.32 Å². The van der Waals surface area contributed by atoms with Crippen molar-refractivity contribution in [1.29, 1.82) is 0 Å². The first kappa shape index (κ1) is 18.3. The Kier molecular flexibility index (Phi) is 5.79. The molecule has 0 N–H and O–H groups in total. The third kappa shape index (κ3) is 4.74. The molecule has 3 atom stereocenters. The molecule has 0 unspecified atom stereocenters. The lowest BCUT2D eigenvalue weighted by atomic mass is 9.90. The van der Waals surface area contributed by atoms with Gasteiger partial charge in [-0.15, -0.1) is 6.58 Å². The van der Waals surface area contributed by atoms with Gasteiger partial charge in [-0.2, -0.15) is 0 Å². The normalized spacial score (nSPS) is 25.5. The van der Waals surface area contributed by atoms with Crippen LogP contribution in [0.1, 0.15) is 45.9 Å². The van der Waals surface area contributed by atoms with Crippen LogP contribution in [0, 0.1) is 11.8 Å². The van der Waals surface area contributed by atoms with Gasteiger partial charge in [-0.05, 0) is 55.3 Å². The topological polar surface area (TPSA) is 35.0 Å². The molecule has 0 aliphatic heterocycles. The van der Waals surface area contributed by atoms with Crippen LogP contribution in [-0.2, 0) is 10.8 Å². The van der Waals surface area contributed by atoms with Crippen LogP contribution in [0.3, 0.4) is 0 Å². The fourth-order valence-corrected chi connectivity index (χ4v) is 4.65. The van der Waals surface area contributed by atoms with Gasteiger partial charge in [-0.1, -0.05) is 26.8 Å². The molecular weight excluding hydrogens is 300 g/mol. The van der Waals surface area contributed by atoms with E-state index in [9.17, 15) is 0 Å². The lowest BCUT2D eigenvalue weighted by molar-refractivity contribution is 0.180. The number of aromatic nitrogens is 2. The zero-order valence-electron chi connectivity index (χ0n) is 15.4. The van der Waals surface area contributed by atoms with Gasteiger partial charge in [0.25, 0.3) is 0 Å². The molecule has 0 bridgehead atoms. The van der Waals surface area contributed by atoms with Gasteiger partial charge < -0.3 is 4.43 Å². The van der Waals surface area contributed by atoms with Crippen molar-refractivity contribution in [1.82, 2.24) is 9.97 Å². The molecular formula is C19H32N2OSi. The maximum absolute atomic E-state index is 6.67. The van der Waals surface area contributed by atoms with Crippen LogP contribution in [0.25, 0.3) is 0 Å². The number of allylic oxidation sites excluding steroid dienone is 1. The largest absolute Gasteiger partial charge is 0.414 e. The third-order valence-electron chi connectivity index (χ3n) is 5.60. The average Bonchev–Trinajstić information content (AvgIpc) is 2.80. The van der Waals surface area contributed by atoms with E-state index in [-0.39, 0.29) is 5.04 Å². The second-order valence-corrected chi connectivity index (χ2v) is 13.1. The fraction of sp³-hybridized carbons (Fsp3) is 0.684. The van der Waals surface area contributed by atoms with Crippen LogP contribution in [0.15, 0.2) is 31.1 Å². The summed E-state index contributed by atoms with van der Waals surface area (Å²) in [6, 6.07) is 1.88. The van der Waals surface area contributed by atoms with E-state index in [2.05, 4.69) is 56.5 Å². The van der Waals surface area contributed by atoms with E-state index < -0.39 is 8.32 Å². The smallest absolute Gasteiger partial charge is 0.192 e. The summed E-state index contributed by atoms with van der Waals surface area (Å²) in [6.07, 6.45) is 10.4. The molecule has 1 aromatic heterocycles. The van der Waals surface area contributed by atoms with Crippen LogP contribution in [0.5, 0.6) is 0 Å². The molecule has 0 amide bonds. The van der Waals surface area contributed by atoms with Gasteiger partial charge in [0.1, 0.15) is 5.82 Å². The van der Waals surface area contributed by atoms with Gasteiger partial charge in [-0.25, -0.2) is 9.97 Å². The number of nitrogens with zero attached hydrogens (tertiary/aromatic N) is 2. The predicted molar refractivity (Wildman–Crippen MR) is 98.8 cm³/mol. The quantitative estimate of drug-likeness (QED) is 0.542. The molecule has 0 spiro atoms. The third-order valence-corrected chi connectivity index (χ3v) is 10.1. The molecule has 128 valence electrons. The zero-order chi connectivity index (χ0) is 17.1. The van der Waals surface area contributed by atoms with Crippen molar-refractivity contribution in [3.63, 3.8) is 0 Å². The lowest BCUT2D eigenvalue weighted by Crippen LogP contribution is -2.43. The summed E-state index contributed by atoms with van der Waals surface area (Å²) in [5.74, 6) is 2.20. The second-order valence-electron chi connectivity index (χ2n) is 8.39. The summed E-state index contributed by atoms with van der Waals surface area (Å²) in [7, 11) is -1.70. The van der Waals surface area contributed by atoms with E-state index in [1.165, 1.54) is 0 Å². The molecule has 0 saturated heterocycles. The highest BCUT2D eigenvalue weighted by molar-refractivity contribution is 6.74. The molecule has 1 aliphatic carbocycles. The van der Waals surface area contributed by atoms with Gasteiger partial charge in [-0.3, -0.25) is 0 Å². The van der Waals surface area contributed by atoms with Crippen molar-refractivity contribution < 1.29 is 4.43 Å². The van der Waals surface area contributed by atoms with Crippen molar-refractivity contribution in [2.75, 3.05) is 0 Å². The molecule has 1 aliphatic rings. The molecule has 1 heterocycles. The highest BCUT2D eigenvalue weighted by atomic mass is 28.4. The van der Waals surface area contributed by atoms with Crippen LogP contribution < -0.4 is 0 Å². The van der Waals surface area contributed by atoms with Gasteiger partial charge in [0.2, 0.25) is 0 Å². The Labute approximate surface area is 142 Å². The summed E-state index contributed by atoms with van der Waals surface area (Å²) >= 11 is 0. The second kappa shape index (κ2) is 7.26. The standard InChI is InChI=1S/C19H32N2OSi/c1-7-9-15-12-17(22-23(5,6)19(2,3)4)13-16(15)14-18-20-10-8-11-21-18/h7-8,10-11,15-17H,1,9,12-14H2,2-6H3/t15-,16+,17-/m1/s1. The Morgan fingerprint density at radius 3 is 2.39 bits per heavy atom. The first-order valence-electron chi connectivity index (χ1n) is 8.77. The Hall–Kier alpha value is -1.00. The van der Waals surface area contributed by atoms with Gasteiger partial charge in [0, 0.05) is 24.9 Å². The van der Waals surface area contributed by atoms with Crippen molar-refractivity contribution in [2.24, 2.45) is 11.8 Å². The van der Waals surface area contributed by atoms with Crippen LogP contribution >= 0.6 is 0 Å². The van der Waals surface area contributed by atoms with Crippen molar-refractivity contribution in [3.8, 4) is 0 Å². The molecule has 3 nitrogen and oxygen atoms in total. The Bertz CT molecular complexity index is 510. The van der Waals surface area contributed by atoms with Crippen LogP contribution in [0.4, 0.5) is 0 Å². The molecule has 1 fully saturated rings. The monoisotopic (exact) mass is 332 g/mol. The summed E-state index contributed by atoms with van der Waals surface area (Å²) in [5.41, 5.74) is 0. The minimum atomic E-state index is -1.70. The molecule has 1 saturated carbocycles. The summed E-state index contributed by atoms with van der Waals surface area (Å²) in [4.78, 5) is 8.81. The average molecular weight is 333 g/mol. The molecule has 1 aromatic rings. The first-order valence-corrected chi connectivity index (χ1v) is 11.7. The van der Waals surface area contributed by atoms with E-state index >= 15 is 0 Å². The van der Waals surface area contributed by atoms with Gasteiger partial charge >= 0.3 is 0 Å². The highest BCUT2D eigenvalue weighted by Gasteiger charge is 2.42. The number of hydrogen-bond acceptors (Lipinski definition) is 3. The zero-order valence-corrected chi connectivity index (χ0v) is 16.4. The summed E-state index contributed by atoms with van der Waals surface area (Å²) in [5, 5.41) is 0.265. The minimum Gasteiger partial charge on any atom is -0.414 e. The molecule has 4 heteroatoms.